The van der Waals surface area contributed by atoms with Gasteiger partial charge < -0.3 is 4.74 Å². The number of non-ortho nitro benzene ring substituents is 2. The lowest BCUT2D eigenvalue weighted by Gasteiger charge is -2.58. The summed E-state index contributed by atoms with van der Waals surface area (Å²) in [6.45, 7) is 0. The topological polar surface area (TPSA) is 113 Å². The summed E-state index contributed by atoms with van der Waals surface area (Å²) in [5, 5.41) is 22.2. The number of carbonyl (C=O) groups is 1. The second kappa shape index (κ2) is 6.70. The zero-order valence-electron chi connectivity index (χ0n) is 14.9. The first-order chi connectivity index (χ1) is 13.4. The molecule has 8 heteroatoms. The summed E-state index contributed by atoms with van der Waals surface area (Å²) in [5.74, 6) is -0.398. The second-order valence-corrected chi connectivity index (χ2v) is 7.36. The maximum absolute atomic E-state index is 12.9. The first-order valence-electron chi connectivity index (χ1n) is 9.14. The van der Waals surface area contributed by atoms with Gasteiger partial charge in [0, 0.05) is 24.0 Å². The first kappa shape index (κ1) is 18.1. The van der Waals surface area contributed by atoms with Crippen LogP contribution in [0.2, 0.25) is 0 Å². The Hall–Kier alpha value is -3.29. The van der Waals surface area contributed by atoms with E-state index in [1.54, 1.807) is 0 Å². The molecule has 2 aliphatic carbocycles. The molecule has 1 unspecified atom stereocenters. The minimum absolute atomic E-state index is 0.179. The quantitative estimate of drug-likeness (QED) is 0.431. The molecule has 144 valence electrons. The number of esters is 1. The molecule has 0 spiro atoms. The molecule has 0 amide bonds. The highest BCUT2D eigenvalue weighted by molar-refractivity contribution is 5.91. The van der Waals surface area contributed by atoms with E-state index in [-0.39, 0.29) is 17.4 Å². The molecule has 2 aliphatic rings. The van der Waals surface area contributed by atoms with E-state index in [1.165, 1.54) is 0 Å². The number of hydrogen-bond donors (Lipinski definition) is 0. The van der Waals surface area contributed by atoms with Crippen molar-refractivity contribution < 1.29 is 19.4 Å². The highest BCUT2D eigenvalue weighted by Crippen LogP contribution is 2.61. The lowest BCUT2D eigenvalue weighted by atomic mass is 9.51. The van der Waals surface area contributed by atoms with Crippen LogP contribution in [0.25, 0.3) is 0 Å². The predicted molar refractivity (Wildman–Crippen MR) is 98.7 cm³/mol. The average molecular weight is 382 g/mol. The number of fused-ring (bicyclic) bond motifs is 2. The molecule has 8 nitrogen and oxygen atoms in total. The van der Waals surface area contributed by atoms with Crippen molar-refractivity contribution in [3.63, 3.8) is 0 Å². The van der Waals surface area contributed by atoms with Crippen molar-refractivity contribution in [3.05, 3.63) is 79.9 Å². The van der Waals surface area contributed by atoms with E-state index in [0.29, 0.717) is 0 Å². The molecule has 2 bridgehead atoms. The Labute approximate surface area is 160 Å². The van der Waals surface area contributed by atoms with Gasteiger partial charge in [-0.1, -0.05) is 36.8 Å². The fraction of sp³-hybridized carbons (Fsp3) is 0.350. The number of nitro groups is 2. The molecule has 4 rings (SSSR count). The summed E-state index contributed by atoms with van der Waals surface area (Å²) in [6.07, 6.45) is 3.92. The van der Waals surface area contributed by atoms with Gasteiger partial charge in [0.2, 0.25) is 0 Å². The zero-order chi connectivity index (χ0) is 19.9. The molecule has 2 saturated carbocycles. The van der Waals surface area contributed by atoms with Gasteiger partial charge in [-0.3, -0.25) is 20.2 Å². The third kappa shape index (κ3) is 2.81. The molecule has 0 saturated heterocycles. The number of hydrogen-bond acceptors (Lipinski definition) is 6. The Balaban J connectivity index is 1.72. The van der Waals surface area contributed by atoms with Crippen molar-refractivity contribution in [1.82, 2.24) is 0 Å². The Morgan fingerprint density at radius 3 is 2.04 bits per heavy atom. The Morgan fingerprint density at radius 2 is 1.54 bits per heavy atom. The van der Waals surface area contributed by atoms with Gasteiger partial charge in [0.25, 0.3) is 11.4 Å². The van der Waals surface area contributed by atoms with Crippen LogP contribution in [0.5, 0.6) is 0 Å². The molecule has 2 aromatic carbocycles. The zero-order valence-corrected chi connectivity index (χ0v) is 14.9. The number of nitrogens with zero attached hydrogens (tertiary/aromatic N) is 2. The largest absolute Gasteiger partial charge is 0.450 e. The SMILES string of the molecule is O=C(OC1(c2ccccc2)[C@@H]2CCC[C@H]1C2)c1cc([N+](=O)[O-])cc([N+](=O)[O-])c1. The monoisotopic (exact) mass is 382 g/mol. The normalized spacial score (nSPS) is 25.4. The summed E-state index contributed by atoms with van der Waals surface area (Å²) < 4.78 is 6.00. The van der Waals surface area contributed by atoms with Gasteiger partial charge >= 0.3 is 5.97 Å². The Morgan fingerprint density at radius 1 is 0.964 bits per heavy atom. The highest BCUT2D eigenvalue weighted by Gasteiger charge is 2.60. The van der Waals surface area contributed by atoms with Gasteiger partial charge in [-0.15, -0.1) is 0 Å². The van der Waals surface area contributed by atoms with Crippen molar-refractivity contribution >= 4 is 17.3 Å². The maximum atomic E-state index is 12.9. The predicted octanol–water partition coefficient (Wildman–Crippen LogP) is 4.38. The van der Waals surface area contributed by atoms with Gasteiger partial charge in [0.1, 0.15) is 5.60 Å². The fourth-order valence-electron chi connectivity index (χ4n) is 4.67. The third-order valence-electron chi connectivity index (χ3n) is 5.93. The minimum atomic E-state index is -0.771. The molecule has 3 atom stereocenters. The van der Waals surface area contributed by atoms with Crippen LogP contribution in [0.1, 0.15) is 41.6 Å². The highest BCUT2D eigenvalue weighted by atomic mass is 16.6. The Kier molecular flexibility index (Phi) is 4.33. The van der Waals surface area contributed by atoms with Crippen LogP contribution in [0.3, 0.4) is 0 Å². The number of benzene rings is 2. The van der Waals surface area contributed by atoms with Crippen molar-refractivity contribution in [2.24, 2.45) is 11.8 Å². The van der Waals surface area contributed by atoms with Gasteiger partial charge in [-0.25, -0.2) is 4.79 Å². The molecule has 0 heterocycles. The second-order valence-electron chi connectivity index (χ2n) is 7.36. The van der Waals surface area contributed by atoms with Crippen LogP contribution in [0.15, 0.2) is 48.5 Å². The van der Waals surface area contributed by atoms with Gasteiger partial charge in [-0.2, -0.15) is 0 Å². The van der Waals surface area contributed by atoms with E-state index in [1.807, 2.05) is 30.3 Å². The molecule has 2 aromatic rings. The third-order valence-corrected chi connectivity index (χ3v) is 5.93. The summed E-state index contributed by atoms with van der Waals surface area (Å²) in [5.41, 5.74) is -1.06. The molecule has 2 fully saturated rings. The van der Waals surface area contributed by atoms with E-state index in [0.717, 1.165) is 49.4 Å². The molecule has 0 aromatic heterocycles. The van der Waals surface area contributed by atoms with E-state index >= 15 is 0 Å². The van der Waals surface area contributed by atoms with E-state index in [9.17, 15) is 25.0 Å². The number of nitro benzene ring substituents is 2. The molecular formula is C20H18N2O6. The molecular weight excluding hydrogens is 364 g/mol. The standard InChI is InChI=1S/C20H18N2O6/c23-19(13-9-17(21(24)25)12-18(10-13)22(26)27)28-20(14-5-2-1-3-6-14)15-7-4-8-16(20)11-15/h1-3,5-6,9-10,12,15-16H,4,7-8,11H2/t15-,16+,20?. The van der Waals surface area contributed by atoms with Crippen LogP contribution in [-0.2, 0) is 10.3 Å². The van der Waals surface area contributed by atoms with Crippen molar-refractivity contribution in [2.75, 3.05) is 0 Å². The molecule has 28 heavy (non-hydrogen) atoms. The average Bonchev–Trinajstić information content (AvgIpc) is 2.72. The number of carbonyl (C=O) groups excluding carboxylic acids is 1. The lowest BCUT2D eigenvalue weighted by molar-refractivity contribution is -0.394. The van der Waals surface area contributed by atoms with Crippen LogP contribution < -0.4 is 0 Å². The van der Waals surface area contributed by atoms with Gasteiger partial charge in [-0.05, 0) is 24.8 Å². The van der Waals surface area contributed by atoms with Crippen molar-refractivity contribution in [3.8, 4) is 0 Å². The van der Waals surface area contributed by atoms with E-state index in [2.05, 4.69) is 0 Å². The summed E-state index contributed by atoms with van der Waals surface area (Å²) >= 11 is 0. The van der Waals surface area contributed by atoms with Crippen LogP contribution in [-0.4, -0.2) is 15.8 Å². The molecule has 0 N–H and O–H groups in total. The number of ether oxygens (including phenoxy) is 1. The summed E-state index contributed by atoms with van der Waals surface area (Å²) in [4.78, 5) is 33.7. The molecule has 0 aliphatic heterocycles. The van der Waals surface area contributed by atoms with Crippen molar-refractivity contribution in [2.45, 2.75) is 31.3 Å². The minimum Gasteiger partial charge on any atom is -0.450 e. The smallest absolute Gasteiger partial charge is 0.339 e. The maximum Gasteiger partial charge on any atom is 0.339 e. The van der Waals surface area contributed by atoms with E-state index < -0.39 is 32.8 Å². The van der Waals surface area contributed by atoms with E-state index in [4.69, 9.17) is 4.74 Å². The number of rotatable bonds is 5. The van der Waals surface area contributed by atoms with Crippen molar-refractivity contribution in [1.29, 1.82) is 0 Å². The van der Waals surface area contributed by atoms with Crippen LogP contribution in [0, 0.1) is 32.1 Å². The Bertz CT molecular complexity index is 912. The summed E-state index contributed by atoms with van der Waals surface area (Å²) in [7, 11) is 0. The lowest BCUT2D eigenvalue weighted by Crippen LogP contribution is -2.58. The summed E-state index contributed by atoms with van der Waals surface area (Å²) in [6, 6.07) is 12.4. The fourth-order valence-corrected chi connectivity index (χ4v) is 4.67. The van der Waals surface area contributed by atoms with Gasteiger partial charge in [0.15, 0.2) is 0 Å². The van der Waals surface area contributed by atoms with Gasteiger partial charge in [0.05, 0.1) is 21.5 Å². The van der Waals surface area contributed by atoms with Crippen LogP contribution in [0.4, 0.5) is 11.4 Å². The van der Waals surface area contributed by atoms with Crippen LogP contribution >= 0.6 is 0 Å². The first-order valence-corrected chi connectivity index (χ1v) is 9.14. The molecule has 0 radical (unpaired) electrons.